The first-order chi connectivity index (χ1) is 12.6. The maximum Gasteiger partial charge on any atom is 0.679 e. The molecule has 0 N–H and O–H groups in total. The highest BCUT2D eigenvalue weighted by Gasteiger charge is 2.44. The number of hydrogen-bond donors (Lipinski definition) is 0. The summed E-state index contributed by atoms with van der Waals surface area (Å²) in [6.07, 6.45) is 2.87. The Kier molecular flexibility index (Phi) is 16.2. The van der Waals surface area contributed by atoms with E-state index in [2.05, 4.69) is 0 Å². The zero-order chi connectivity index (χ0) is 19.7. The minimum absolute atomic E-state index is 0.511. The normalized spacial score (nSPS) is 12.7. The second kappa shape index (κ2) is 16.1. The molecule has 0 aromatic rings. The van der Waals surface area contributed by atoms with Crippen molar-refractivity contribution in [3.05, 3.63) is 0 Å². The summed E-state index contributed by atoms with van der Waals surface area (Å²) in [5, 5.41) is 0. The first kappa shape index (κ1) is 26.2. The fourth-order valence-electron chi connectivity index (χ4n) is 2.60. The van der Waals surface area contributed by atoms with Gasteiger partial charge in [0, 0.05) is 52.3 Å². The summed E-state index contributed by atoms with van der Waals surface area (Å²) >= 11 is 0. The van der Waals surface area contributed by atoms with Gasteiger partial charge >= 0.3 is 17.9 Å². The quantitative estimate of drug-likeness (QED) is 0.236. The fraction of sp³-hybridized carbons (Fsp3) is 1.00. The van der Waals surface area contributed by atoms with Gasteiger partial charge in [0.15, 0.2) is 0 Å². The van der Waals surface area contributed by atoms with Gasteiger partial charge < -0.3 is 31.0 Å². The van der Waals surface area contributed by atoms with Crippen LogP contribution in [0.2, 0.25) is 6.04 Å². The van der Waals surface area contributed by atoms with Gasteiger partial charge in [-0.1, -0.05) is 6.42 Å². The molecule has 0 atom stereocenters. The summed E-state index contributed by atoms with van der Waals surface area (Å²) in [6, 6.07) is 0.827. The highest BCUT2D eigenvalue weighted by Crippen LogP contribution is 2.20. The van der Waals surface area contributed by atoms with Crippen LogP contribution in [0.25, 0.3) is 0 Å². The van der Waals surface area contributed by atoms with Crippen LogP contribution in [0.15, 0.2) is 0 Å². The lowest BCUT2D eigenvalue weighted by molar-refractivity contribution is -0.0281. The third-order valence-corrected chi connectivity index (χ3v) is 9.10. The molecule has 0 aliphatic carbocycles. The summed E-state index contributed by atoms with van der Waals surface area (Å²) in [4.78, 5) is 0. The Bertz CT molecular complexity index is 257. The molecule has 0 unspecified atom stereocenters. The largest absolute Gasteiger partial charge is 0.679 e. The van der Waals surface area contributed by atoms with Crippen LogP contribution in [0.3, 0.4) is 0 Å². The molecule has 0 aromatic heterocycles. The van der Waals surface area contributed by atoms with Crippen LogP contribution in [-0.2, 0) is 31.0 Å². The molecule has 0 saturated carbocycles. The molecule has 0 aliphatic heterocycles. The monoisotopic (exact) mass is 412 g/mol. The molecule has 0 bridgehead atoms. The molecule has 0 heterocycles. The molecule has 0 saturated heterocycles. The van der Waals surface area contributed by atoms with Gasteiger partial charge in [-0.15, -0.1) is 0 Å². The summed E-state index contributed by atoms with van der Waals surface area (Å²) in [5.41, 5.74) is 0. The minimum Gasteiger partial charge on any atom is -0.374 e. The molecular formula is C17H40O7Si2. The van der Waals surface area contributed by atoms with Crippen molar-refractivity contribution >= 4 is 17.9 Å². The van der Waals surface area contributed by atoms with E-state index < -0.39 is 17.9 Å². The van der Waals surface area contributed by atoms with Crippen LogP contribution < -0.4 is 0 Å². The SMILES string of the molecule is CCO[Si](CCCCCO[Si](OCC)(OCC)OCC)(OCC)OCC. The van der Waals surface area contributed by atoms with Gasteiger partial charge in [0.25, 0.3) is 0 Å². The predicted molar refractivity (Wildman–Crippen MR) is 106 cm³/mol. The van der Waals surface area contributed by atoms with Gasteiger partial charge in [-0.05, 0) is 54.4 Å². The van der Waals surface area contributed by atoms with Gasteiger partial charge in [-0.3, -0.25) is 0 Å². The zero-order valence-electron chi connectivity index (χ0n) is 17.6. The molecule has 158 valence electrons. The smallest absolute Gasteiger partial charge is 0.374 e. The van der Waals surface area contributed by atoms with Gasteiger partial charge in [0.2, 0.25) is 0 Å². The third-order valence-electron chi connectivity index (χ3n) is 3.46. The van der Waals surface area contributed by atoms with Crippen molar-refractivity contribution in [2.75, 3.05) is 46.2 Å². The average molecular weight is 413 g/mol. The van der Waals surface area contributed by atoms with E-state index in [0.717, 1.165) is 25.3 Å². The molecule has 0 aliphatic rings. The van der Waals surface area contributed by atoms with E-state index in [1.165, 1.54) is 0 Å². The first-order valence-corrected chi connectivity index (χ1v) is 13.6. The van der Waals surface area contributed by atoms with Crippen molar-refractivity contribution in [3.8, 4) is 0 Å². The van der Waals surface area contributed by atoms with Crippen LogP contribution in [0, 0.1) is 0 Å². The van der Waals surface area contributed by atoms with E-state index in [9.17, 15) is 0 Å². The van der Waals surface area contributed by atoms with Crippen molar-refractivity contribution in [2.45, 2.75) is 66.8 Å². The lowest BCUT2D eigenvalue weighted by Crippen LogP contribution is -2.49. The highest BCUT2D eigenvalue weighted by atomic mass is 28.4. The van der Waals surface area contributed by atoms with Crippen molar-refractivity contribution in [2.24, 2.45) is 0 Å². The second-order valence-corrected chi connectivity index (χ2v) is 10.3. The number of unbranched alkanes of at least 4 members (excludes halogenated alkanes) is 2. The molecular weight excluding hydrogens is 372 g/mol. The summed E-state index contributed by atoms with van der Waals surface area (Å²) in [5.74, 6) is 0. The van der Waals surface area contributed by atoms with E-state index >= 15 is 0 Å². The Hall–Kier alpha value is 0.154. The zero-order valence-corrected chi connectivity index (χ0v) is 19.6. The third kappa shape index (κ3) is 10.5. The van der Waals surface area contributed by atoms with Crippen LogP contribution >= 0.6 is 0 Å². The molecule has 0 amide bonds. The maximum atomic E-state index is 5.92. The van der Waals surface area contributed by atoms with Crippen LogP contribution in [-0.4, -0.2) is 64.1 Å². The fourth-order valence-corrected chi connectivity index (χ4v) is 7.24. The van der Waals surface area contributed by atoms with E-state index in [4.69, 9.17) is 31.0 Å². The van der Waals surface area contributed by atoms with Crippen LogP contribution in [0.1, 0.15) is 60.8 Å². The van der Waals surface area contributed by atoms with Crippen LogP contribution in [0.5, 0.6) is 0 Å². The average Bonchev–Trinajstić information content (AvgIpc) is 2.59. The molecule has 0 fully saturated rings. The van der Waals surface area contributed by atoms with Crippen molar-refractivity contribution < 1.29 is 31.0 Å². The Morgan fingerprint density at radius 1 is 0.462 bits per heavy atom. The minimum atomic E-state index is -3.00. The van der Waals surface area contributed by atoms with E-state index in [1.807, 2.05) is 41.5 Å². The van der Waals surface area contributed by atoms with Gasteiger partial charge in [-0.2, -0.15) is 0 Å². The Morgan fingerprint density at radius 2 is 0.885 bits per heavy atom. The van der Waals surface area contributed by atoms with Crippen LogP contribution in [0.4, 0.5) is 0 Å². The number of rotatable bonds is 19. The molecule has 0 radical (unpaired) electrons. The molecule has 7 nitrogen and oxygen atoms in total. The molecule has 9 heteroatoms. The Balaban J connectivity index is 4.35. The Morgan fingerprint density at radius 3 is 1.27 bits per heavy atom. The predicted octanol–water partition coefficient (Wildman–Crippen LogP) is 3.77. The van der Waals surface area contributed by atoms with Gasteiger partial charge in [0.05, 0.1) is 0 Å². The topological polar surface area (TPSA) is 64.6 Å². The lowest BCUT2D eigenvalue weighted by Gasteiger charge is -2.28. The van der Waals surface area contributed by atoms with Gasteiger partial charge in [-0.25, -0.2) is 0 Å². The summed E-state index contributed by atoms with van der Waals surface area (Å²) in [6.45, 7) is 15.6. The van der Waals surface area contributed by atoms with E-state index in [1.54, 1.807) is 0 Å². The highest BCUT2D eigenvalue weighted by molar-refractivity contribution is 6.60. The second-order valence-electron chi connectivity index (χ2n) is 5.44. The first-order valence-electron chi connectivity index (χ1n) is 10.0. The molecule has 0 rings (SSSR count). The standard InChI is InChI=1S/C17H40O7Si2/c1-7-18-25(19-8-2,20-9-3)17-15-13-14-16-24-26(21-10-4,22-11-5)23-12-6/h7-17H2,1-6H3. The van der Waals surface area contributed by atoms with Crippen molar-refractivity contribution in [3.63, 3.8) is 0 Å². The number of hydrogen-bond acceptors (Lipinski definition) is 7. The van der Waals surface area contributed by atoms with Crippen molar-refractivity contribution in [1.82, 2.24) is 0 Å². The van der Waals surface area contributed by atoms with E-state index in [-0.39, 0.29) is 0 Å². The van der Waals surface area contributed by atoms with Gasteiger partial charge in [0.1, 0.15) is 0 Å². The maximum absolute atomic E-state index is 5.92. The lowest BCUT2D eigenvalue weighted by atomic mass is 10.3. The molecule has 0 aromatic carbocycles. The molecule has 0 spiro atoms. The molecule has 26 heavy (non-hydrogen) atoms. The summed E-state index contributed by atoms with van der Waals surface area (Å²) in [7, 11) is -5.53. The van der Waals surface area contributed by atoms with E-state index in [0.29, 0.717) is 46.2 Å². The summed E-state index contributed by atoms with van der Waals surface area (Å²) < 4.78 is 40.6. The Labute approximate surface area is 162 Å². The van der Waals surface area contributed by atoms with Crippen molar-refractivity contribution in [1.29, 1.82) is 0 Å².